The molecule has 3 aromatic rings. The number of rotatable bonds is 10. The van der Waals surface area contributed by atoms with Crippen molar-refractivity contribution >= 4 is 46.3 Å². The third kappa shape index (κ3) is 5.87. The van der Waals surface area contributed by atoms with E-state index < -0.39 is 0 Å². The second-order valence-electron chi connectivity index (χ2n) is 7.47. The van der Waals surface area contributed by atoms with Crippen molar-refractivity contribution in [2.45, 2.75) is 47.3 Å². The summed E-state index contributed by atoms with van der Waals surface area (Å²) in [6, 6.07) is 21.3. The summed E-state index contributed by atoms with van der Waals surface area (Å²) in [5.41, 5.74) is 16.6. The lowest BCUT2D eigenvalue weighted by Gasteiger charge is -2.22. The van der Waals surface area contributed by atoms with Crippen LogP contribution in [0.3, 0.4) is 0 Å². The summed E-state index contributed by atoms with van der Waals surface area (Å²) in [4.78, 5) is 9.09. The van der Waals surface area contributed by atoms with Crippen molar-refractivity contribution in [1.82, 2.24) is 0 Å². The summed E-state index contributed by atoms with van der Waals surface area (Å²) < 4.78 is 0. The molecule has 0 aliphatic rings. The van der Waals surface area contributed by atoms with Gasteiger partial charge in [-0.25, -0.2) is 0 Å². The zero-order valence-corrected chi connectivity index (χ0v) is 21.1. The van der Waals surface area contributed by atoms with Crippen LogP contribution >= 0.6 is 23.5 Å². The molecular formula is C26H34N4S2. The number of nitrogens with zero attached hydrogens (tertiary/aromatic N) is 2. The third-order valence-corrected chi connectivity index (χ3v) is 7.62. The van der Waals surface area contributed by atoms with Gasteiger partial charge >= 0.3 is 0 Å². The highest BCUT2D eigenvalue weighted by Gasteiger charge is 2.12. The van der Waals surface area contributed by atoms with Gasteiger partial charge in [0.2, 0.25) is 0 Å². The average Bonchev–Trinajstić information content (AvgIpc) is 2.79. The Morgan fingerprint density at radius 3 is 1.38 bits per heavy atom. The van der Waals surface area contributed by atoms with Crippen LogP contribution in [0.1, 0.15) is 27.7 Å². The van der Waals surface area contributed by atoms with Crippen LogP contribution < -0.4 is 21.3 Å². The molecule has 0 aliphatic heterocycles. The first-order valence-electron chi connectivity index (χ1n) is 11.2. The molecular weight excluding hydrogens is 432 g/mol. The van der Waals surface area contributed by atoms with Gasteiger partial charge in [0.1, 0.15) is 0 Å². The van der Waals surface area contributed by atoms with E-state index in [4.69, 9.17) is 11.5 Å². The second kappa shape index (κ2) is 11.4. The van der Waals surface area contributed by atoms with E-state index in [0.717, 1.165) is 36.0 Å². The average molecular weight is 467 g/mol. The van der Waals surface area contributed by atoms with Crippen molar-refractivity contribution in [1.29, 1.82) is 0 Å². The highest BCUT2D eigenvalue weighted by molar-refractivity contribution is 8.00. The third-order valence-electron chi connectivity index (χ3n) is 5.49. The predicted octanol–water partition coefficient (Wildman–Crippen LogP) is 6.85. The first-order chi connectivity index (χ1) is 15.5. The normalized spacial score (nSPS) is 10.9. The van der Waals surface area contributed by atoms with Gasteiger partial charge in [0, 0.05) is 68.5 Å². The van der Waals surface area contributed by atoms with Gasteiger partial charge in [0.05, 0.1) is 0 Å². The molecule has 0 bridgehead atoms. The summed E-state index contributed by atoms with van der Waals surface area (Å²) >= 11 is 3.37. The molecule has 0 radical (unpaired) electrons. The van der Waals surface area contributed by atoms with Gasteiger partial charge in [-0.15, -0.1) is 0 Å². The molecule has 0 saturated heterocycles. The lowest BCUT2D eigenvalue weighted by molar-refractivity contribution is 0.864. The predicted molar refractivity (Wildman–Crippen MR) is 144 cm³/mol. The van der Waals surface area contributed by atoms with Crippen molar-refractivity contribution in [3.8, 4) is 0 Å². The largest absolute Gasteiger partial charge is 0.398 e. The Bertz CT molecular complexity index is 951. The van der Waals surface area contributed by atoms with Gasteiger partial charge in [-0.2, -0.15) is 0 Å². The van der Waals surface area contributed by atoms with Crippen LogP contribution in [0.4, 0.5) is 22.7 Å². The molecule has 3 aromatic carbocycles. The Labute approximate surface area is 201 Å². The van der Waals surface area contributed by atoms with Gasteiger partial charge in [-0.1, -0.05) is 35.7 Å². The number of nitrogen functional groups attached to an aromatic ring is 2. The molecule has 0 aliphatic carbocycles. The fraction of sp³-hybridized carbons (Fsp3) is 0.308. The monoisotopic (exact) mass is 466 g/mol. The van der Waals surface area contributed by atoms with Crippen molar-refractivity contribution in [3.63, 3.8) is 0 Å². The molecule has 0 aromatic heterocycles. The second-order valence-corrected chi connectivity index (χ2v) is 9.70. The number of nitrogens with two attached hydrogens (primary N) is 2. The number of hydrogen-bond acceptors (Lipinski definition) is 6. The smallest absolute Gasteiger partial charge is 0.0477 e. The maximum absolute atomic E-state index is 6.35. The van der Waals surface area contributed by atoms with Crippen LogP contribution in [-0.2, 0) is 0 Å². The maximum atomic E-state index is 6.35. The van der Waals surface area contributed by atoms with E-state index >= 15 is 0 Å². The molecule has 0 atom stereocenters. The molecule has 0 heterocycles. The van der Waals surface area contributed by atoms with Crippen LogP contribution in [0.2, 0.25) is 0 Å². The van der Waals surface area contributed by atoms with Crippen LogP contribution in [0, 0.1) is 0 Å². The Balaban J connectivity index is 1.86. The van der Waals surface area contributed by atoms with Gasteiger partial charge in [-0.3, -0.25) is 0 Å². The number of hydrogen-bond donors (Lipinski definition) is 2. The molecule has 6 heteroatoms. The minimum Gasteiger partial charge on any atom is -0.398 e. The van der Waals surface area contributed by atoms with Crippen LogP contribution in [0.15, 0.2) is 80.2 Å². The van der Waals surface area contributed by atoms with Gasteiger partial charge < -0.3 is 21.3 Å². The zero-order valence-electron chi connectivity index (χ0n) is 19.5. The highest BCUT2D eigenvalue weighted by atomic mass is 32.2. The van der Waals surface area contributed by atoms with E-state index in [1.807, 2.05) is 6.07 Å². The standard InChI is InChI=1S/C26H34N4S2/c1-5-29(6-2)19-11-9-13-21(15-19)31-25-18-26(24(28)17-23(25)27)32-22-14-10-12-20(16-22)30(7-3)8-4/h9-18H,5-8,27-28H2,1-4H3. The maximum Gasteiger partial charge on any atom is 0.0477 e. The van der Waals surface area contributed by atoms with Gasteiger partial charge in [0.15, 0.2) is 0 Å². The minimum atomic E-state index is 0.710. The Morgan fingerprint density at radius 1 is 0.594 bits per heavy atom. The van der Waals surface area contributed by atoms with E-state index in [2.05, 4.69) is 92.1 Å². The highest BCUT2D eigenvalue weighted by Crippen LogP contribution is 2.41. The summed E-state index contributed by atoms with van der Waals surface area (Å²) in [6.45, 7) is 12.7. The molecule has 0 amide bonds. The van der Waals surface area contributed by atoms with Crippen molar-refractivity contribution in [2.24, 2.45) is 0 Å². The molecule has 0 saturated carbocycles. The first-order valence-corrected chi connectivity index (χ1v) is 12.9. The quantitative estimate of drug-likeness (QED) is 0.319. The van der Waals surface area contributed by atoms with Crippen molar-refractivity contribution in [2.75, 3.05) is 47.4 Å². The van der Waals surface area contributed by atoms with Gasteiger partial charge in [-0.05, 0) is 76.2 Å². The fourth-order valence-corrected chi connectivity index (χ4v) is 5.63. The van der Waals surface area contributed by atoms with Crippen molar-refractivity contribution in [3.05, 3.63) is 60.7 Å². The number of benzene rings is 3. The van der Waals surface area contributed by atoms with Crippen LogP contribution in [0.25, 0.3) is 0 Å². The van der Waals surface area contributed by atoms with Crippen LogP contribution in [0.5, 0.6) is 0 Å². The SMILES string of the molecule is CCN(CC)c1cccc(Sc2cc(Sc3cccc(N(CC)CC)c3)c(N)cc2N)c1. The Morgan fingerprint density at radius 2 is 1.00 bits per heavy atom. The molecule has 0 fully saturated rings. The molecule has 4 nitrogen and oxygen atoms in total. The summed E-state index contributed by atoms with van der Waals surface area (Å²) in [5.74, 6) is 0. The van der Waals surface area contributed by atoms with E-state index in [1.54, 1.807) is 23.5 Å². The zero-order chi connectivity index (χ0) is 23.1. The van der Waals surface area contributed by atoms with Crippen LogP contribution in [-0.4, -0.2) is 26.2 Å². The summed E-state index contributed by atoms with van der Waals surface area (Å²) in [5, 5.41) is 0. The van der Waals surface area contributed by atoms with E-state index in [9.17, 15) is 0 Å². The lowest BCUT2D eigenvalue weighted by Crippen LogP contribution is -2.21. The van der Waals surface area contributed by atoms with E-state index in [-0.39, 0.29) is 0 Å². The molecule has 3 rings (SSSR count). The molecule has 32 heavy (non-hydrogen) atoms. The van der Waals surface area contributed by atoms with E-state index in [0.29, 0.717) is 11.4 Å². The Hall–Kier alpha value is -2.44. The summed E-state index contributed by atoms with van der Waals surface area (Å²) in [7, 11) is 0. The molecule has 0 unspecified atom stereocenters. The minimum absolute atomic E-state index is 0.710. The van der Waals surface area contributed by atoms with E-state index in [1.165, 1.54) is 21.2 Å². The topological polar surface area (TPSA) is 58.5 Å². The van der Waals surface area contributed by atoms with Crippen molar-refractivity contribution < 1.29 is 0 Å². The number of anilines is 4. The fourth-order valence-electron chi connectivity index (χ4n) is 3.69. The molecule has 170 valence electrons. The lowest BCUT2D eigenvalue weighted by atomic mass is 10.3. The van der Waals surface area contributed by atoms with Gasteiger partial charge in [0.25, 0.3) is 0 Å². The first kappa shape index (κ1) is 24.2. The molecule has 0 spiro atoms. The molecule has 4 N–H and O–H groups in total. The Kier molecular flexibility index (Phi) is 8.65. The summed E-state index contributed by atoms with van der Waals surface area (Å²) in [6.07, 6.45) is 0.